The van der Waals surface area contributed by atoms with Gasteiger partial charge < -0.3 is 10.8 Å². The number of sulfonamides is 1. The zero-order chi connectivity index (χ0) is 14.0. The number of nitrogen functional groups attached to an aromatic ring is 1. The molecule has 19 heavy (non-hydrogen) atoms. The molecule has 0 aliphatic carbocycles. The minimum atomic E-state index is -3.60. The highest BCUT2D eigenvalue weighted by atomic mass is 35.5. The highest BCUT2D eigenvalue weighted by Crippen LogP contribution is 2.30. The maximum absolute atomic E-state index is 12.5. The molecule has 2 rings (SSSR count). The summed E-state index contributed by atoms with van der Waals surface area (Å²) in [7, 11) is -3.60. The molecule has 0 spiro atoms. The van der Waals surface area contributed by atoms with Crippen molar-refractivity contribution in [2.75, 3.05) is 25.4 Å². The Morgan fingerprint density at radius 3 is 2.89 bits per heavy atom. The van der Waals surface area contributed by atoms with E-state index in [-0.39, 0.29) is 23.1 Å². The van der Waals surface area contributed by atoms with E-state index in [0.29, 0.717) is 24.5 Å². The predicted molar refractivity (Wildman–Crippen MR) is 74.4 cm³/mol. The average molecular weight is 305 g/mol. The van der Waals surface area contributed by atoms with Gasteiger partial charge in [-0.2, -0.15) is 4.31 Å². The normalized spacial score (nSPS) is 20.8. The van der Waals surface area contributed by atoms with Crippen molar-refractivity contribution in [3.63, 3.8) is 0 Å². The van der Waals surface area contributed by atoms with Crippen molar-refractivity contribution in [2.45, 2.75) is 17.7 Å². The molecule has 1 atom stereocenters. The van der Waals surface area contributed by atoms with Crippen LogP contribution in [-0.4, -0.2) is 37.5 Å². The second kappa shape index (κ2) is 5.66. The maximum Gasteiger partial charge on any atom is 0.245 e. The van der Waals surface area contributed by atoms with E-state index in [9.17, 15) is 8.42 Å². The van der Waals surface area contributed by atoms with Crippen molar-refractivity contribution in [3.8, 4) is 0 Å². The summed E-state index contributed by atoms with van der Waals surface area (Å²) in [5.41, 5.74) is 5.94. The van der Waals surface area contributed by atoms with Crippen LogP contribution in [0, 0.1) is 5.92 Å². The number of hydrogen-bond acceptors (Lipinski definition) is 4. The zero-order valence-electron chi connectivity index (χ0n) is 10.4. The summed E-state index contributed by atoms with van der Waals surface area (Å²) in [4.78, 5) is 0.0599. The van der Waals surface area contributed by atoms with Gasteiger partial charge in [0.05, 0.1) is 5.69 Å². The minimum absolute atomic E-state index is 0.0599. The van der Waals surface area contributed by atoms with Gasteiger partial charge in [0, 0.05) is 24.7 Å². The molecule has 7 heteroatoms. The van der Waals surface area contributed by atoms with E-state index < -0.39 is 10.0 Å². The Hall–Kier alpha value is -0.820. The van der Waals surface area contributed by atoms with Crippen molar-refractivity contribution >= 4 is 27.3 Å². The average Bonchev–Trinajstić information content (AvgIpc) is 2.82. The van der Waals surface area contributed by atoms with Crippen molar-refractivity contribution in [3.05, 3.63) is 23.2 Å². The third kappa shape index (κ3) is 3.02. The van der Waals surface area contributed by atoms with E-state index in [1.807, 2.05) is 0 Å². The number of rotatable bonds is 4. The van der Waals surface area contributed by atoms with Gasteiger partial charge in [0.15, 0.2) is 0 Å². The second-order valence-electron chi connectivity index (χ2n) is 4.71. The number of benzene rings is 1. The van der Waals surface area contributed by atoms with Gasteiger partial charge >= 0.3 is 0 Å². The summed E-state index contributed by atoms with van der Waals surface area (Å²) in [6, 6.07) is 4.44. The molecule has 1 saturated heterocycles. The van der Waals surface area contributed by atoms with Gasteiger partial charge in [0.2, 0.25) is 10.0 Å². The third-order valence-electron chi connectivity index (χ3n) is 3.38. The van der Waals surface area contributed by atoms with Gasteiger partial charge in [-0.25, -0.2) is 8.42 Å². The van der Waals surface area contributed by atoms with Gasteiger partial charge in [0.25, 0.3) is 0 Å². The van der Waals surface area contributed by atoms with Crippen LogP contribution in [0.5, 0.6) is 0 Å². The number of nitrogens with zero attached hydrogens (tertiary/aromatic N) is 1. The fourth-order valence-corrected chi connectivity index (χ4v) is 4.21. The summed E-state index contributed by atoms with van der Waals surface area (Å²) < 4.78 is 26.4. The molecule has 0 saturated carbocycles. The van der Waals surface area contributed by atoms with E-state index in [4.69, 9.17) is 22.4 Å². The molecule has 1 unspecified atom stereocenters. The lowest BCUT2D eigenvalue weighted by molar-refractivity contribution is 0.259. The zero-order valence-corrected chi connectivity index (χ0v) is 12.0. The molecule has 1 fully saturated rings. The lowest BCUT2D eigenvalue weighted by Gasteiger charge is -2.18. The number of aliphatic hydroxyl groups excluding tert-OH is 1. The molecule has 1 heterocycles. The van der Waals surface area contributed by atoms with Crippen LogP contribution in [0.2, 0.25) is 5.02 Å². The summed E-state index contributed by atoms with van der Waals surface area (Å²) in [6.45, 7) is 0.964. The number of anilines is 1. The van der Waals surface area contributed by atoms with Crippen molar-refractivity contribution in [1.82, 2.24) is 4.31 Å². The van der Waals surface area contributed by atoms with Crippen LogP contribution in [0.1, 0.15) is 12.8 Å². The summed E-state index contributed by atoms with van der Waals surface area (Å²) in [5.74, 6) is 0.209. The molecular weight excluding hydrogens is 288 g/mol. The van der Waals surface area contributed by atoms with Gasteiger partial charge in [0.1, 0.15) is 4.90 Å². The van der Waals surface area contributed by atoms with Crippen LogP contribution >= 0.6 is 11.6 Å². The Labute approximate surface area is 118 Å². The summed E-state index contributed by atoms with van der Waals surface area (Å²) in [6.07, 6.45) is 1.39. The number of nitrogens with two attached hydrogens (primary N) is 1. The SMILES string of the molecule is Nc1ccc(Cl)cc1S(=O)(=O)N1CCC(CCO)C1. The number of aliphatic hydroxyl groups is 1. The molecule has 1 aliphatic rings. The van der Waals surface area contributed by atoms with Crippen molar-refractivity contribution < 1.29 is 13.5 Å². The van der Waals surface area contributed by atoms with E-state index in [1.54, 1.807) is 6.07 Å². The van der Waals surface area contributed by atoms with Gasteiger partial charge in [-0.15, -0.1) is 0 Å². The topological polar surface area (TPSA) is 83.6 Å². The lowest BCUT2D eigenvalue weighted by Crippen LogP contribution is -2.29. The van der Waals surface area contributed by atoms with Crippen LogP contribution in [0.3, 0.4) is 0 Å². The highest BCUT2D eigenvalue weighted by Gasteiger charge is 2.33. The first-order chi connectivity index (χ1) is 8.95. The monoisotopic (exact) mass is 304 g/mol. The first kappa shape index (κ1) is 14.6. The van der Waals surface area contributed by atoms with Crippen LogP contribution in [0.25, 0.3) is 0 Å². The Morgan fingerprint density at radius 2 is 2.21 bits per heavy atom. The Balaban J connectivity index is 2.26. The van der Waals surface area contributed by atoms with E-state index in [2.05, 4.69) is 0 Å². The summed E-state index contributed by atoms with van der Waals surface area (Å²) in [5, 5.41) is 9.25. The second-order valence-corrected chi connectivity index (χ2v) is 7.05. The molecule has 5 nitrogen and oxygen atoms in total. The maximum atomic E-state index is 12.5. The molecule has 1 aromatic rings. The van der Waals surface area contributed by atoms with Crippen LogP contribution in [-0.2, 0) is 10.0 Å². The van der Waals surface area contributed by atoms with E-state index >= 15 is 0 Å². The Bertz CT molecular complexity index is 562. The smallest absolute Gasteiger partial charge is 0.245 e. The molecule has 0 amide bonds. The molecule has 106 valence electrons. The van der Waals surface area contributed by atoms with Gasteiger partial charge in [-0.05, 0) is 37.0 Å². The van der Waals surface area contributed by atoms with Crippen LogP contribution < -0.4 is 5.73 Å². The quantitative estimate of drug-likeness (QED) is 0.822. The predicted octanol–water partition coefficient (Wildman–Crippen LogP) is 1.32. The number of halogens is 1. The lowest BCUT2D eigenvalue weighted by atomic mass is 10.1. The fraction of sp³-hybridized carbons (Fsp3) is 0.500. The molecule has 0 radical (unpaired) electrons. The highest BCUT2D eigenvalue weighted by molar-refractivity contribution is 7.89. The van der Waals surface area contributed by atoms with Gasteiger partial charge in [-0.3, -0.25) is 0 Å². The first-order valence-corrected chi connectivity index (χ1v) is 7.93. The molecule has 1 aromatic carbocycles. The molecule has 0 bridgehead atoms. The molecule has 3 N–H and O–H groups in total. The van der Waals surface area contributed by atoms with Crippen molar-refractivity contribution in [2.24, 2.45) is 5.92 Å². The van der Waals surface area contributed by atoms with Crippen LogP contribution in [0.15, 0.2) is 23.1 Å². The van der Waals surface area contributed by atoms with Gasteiger partial charge in [-0.1, -0.05) is 11.6 Å². The molecule has 0 aromatic heterocycles. The fourth-order valence-electron chi connectivity index (χ4n) is 2.30. The van der Waals surface area contributed by atoms with E-state index in [0.717, 1.165) is 6.42 Å². The summed E-state index contributed by atoms with van der Waals surface area (Å²) >= 11 is 5.84. The molecular formula is C12H17ClN2O3S. The minimum Gasteiger partial charge on any atom is -0.398 e. The van der Waals surface area contributed by atoms with Crippen LogP contribution in [0.4, 0.5) is 5.69 Å². The molecule has 1 aliphatic heterocycles. The van der Waals surface area contributed by atoms with Crippen molar-refractivity contribution in [1.29, 1.82) is 0 Å². The number of hydrogen-bond donors (Lipinski definition) is 2. The van der Waals surface area contributed by atoms with E-state index in [1.165, 1.54) is 16.4 Å². The standard InChI is InChI=1S/C12H17ClN2O3S/c13-10-1-2-11(14)12(7-10)19(17,18)15-5-3-9(8-15)4-6-16/h1-2,7,9,16H,3-6,8,14H2. The third-order valence-corrected chi connectivity index (χ3v) is 5.54. The first-order valence-electron chi connectivity index (χ1n) is 6.11. The Kier molecular flexibility index (Phi) is 4.35. The Morgan fingerprint density at radius 1 is 1.47 bits per heavy atom. The largest absolute Gasteiger partial charge is 0.398 e.